The van der Waals surface area contributed by atoms with Gasteiger partial charge in [0.1, 0.15) is 0 Å². The maximum absolute atomic E-state index is 9.07. The Morgan fingerprint density at radius 2 is 2.11 bits per heavy atom. The minimum atomic E-state index is -0.226. The van der Waals surface area contributed by atoms with E-state index in [1.807, 2.05) is 0 Å². The molecule has 54 valence electrons. The fourth-order valence-electron chi connectivity index (χ4n) is 1.12. The summed E-state index contributed by atoms with van der Waals surface area (Å²) in [6.45, 7) is 4.68. The molecule has 0 amide bonds. The van der Waals surface area contributed by atoms with Gasteiger partial charge in [-0.1, -0.05) is 6.92 Å². The lowest BCUT2D eigenvalue weighted by Gasteiger charge is -2.29. The van der Waals surface area contributed by atoms with Crippen molar-refractivity contribution in [3.05, 3.63) is 0 Å². The Bertz CT molecular complexity index is 92.9. The van der Waals surface area contributed by atoms with E-state index in [0.29, 0.717) is 18.6 Å². The highest BCUT2D eigenvalue weighted by Gasteiger charge is 2.22. The van der Waals surface area contributed by atoms with E-state index in [2.05, 4.69) is 13.8 Å². The summed E-state index contributed by atoms with van der Waals surface area (Å²) in [5.74, 6) is 0.508. The van der Waals surface area contributed by atoms with Gasteiger partial charge in [-0.3, -0.25) is 0 Å². The van der Waals surface area contributed by atoms with E-state index in [4.69, 9.17) is 9.84 Å². The molecule has 1 saturated heterocycles. The molecule has 0 radical (unpaired) electrons. The minimum Gasteiger partial charge on any atom is -0.391 e. The van der Waals surface area contributed by atoms with Gasteiger partial charge in [0.05, 0.1) is 18.8 Å². The van der Waals surface area contributed by atoms with Gasteiger partial charge < -0.3 is 9.84 Å². The third kappa shape index (κ3) is 1.66. The van der Waals surface area contributed by atoms with Crippen LogP contribution >= 0.6 is 0 Å². The van der Waals surface area contributed by atoms with Gasteiger partial charge in [0, 0.05) is 0 Å². The normalized spacial score (nSPS) is 45.0. The zero-order chi connectivity index (χ0) is 6.85. The van der Waals surface area contributed by atoms with E-state index in [9.17, 15) is 0 Å². The van der Waals surface area contributed by atoms with E-state index in [0.717, 1.165) is 6.42 Å². The molecule has 0 aromatic rings. The summed E-state index contributed by atoms with van der Waals surface area (Å²) in [6, 6.07) is 0. The monoisotopic (exact) mass is 130 g/mol. The fraction of sp³-hybridized carbons (Fsp3) is 1.00. The molecule has 2 nitrogen and oxygen atoms in total. The molecule has 1 aliphatic rings. The summed E-state index contributed by atoms with van der Waals surface area (Å²) in [5.41, 5.74) is 0. The number of hydrogen-bond donors (Lipinski definition) is 1. The zero-order valence-electron chi connectivity index (χ0n) is 6.00. The Kier molecular flexibility index (Phi) is 2.09. The second-order valence-corrected chi connectivity index (χ2v) is 2.91. The number of hydrogen-bond acceptors (Lipinski definition) is 2. The molecule has 1 heterocycles. The lowest BCUT2D eigenvalue weighted by atomic mass is 9.96. The summed E-state index contributed by atoms with van der Waals surface area (Å²) in [4.78, 5) is 0. The predicted octanol–water partition coefficient (Wildman–Crippen LogP) is 0.792. The van der Waals surface area contributed by atoms with Crippen LogP contribution < -0.4 is 0 Å². The first-order chi connectivity index (χ1) is 4.20. The van der Waals surface area contributed by atoms with Gasteiger partial charge in [-0.05, 0) is 19.3 Å². The van der Waals surface area contributed by atoms with Crippen molar-refractivity contribution in [2.24, 2.45) is 5.92 Å². The Morgan fingerprint density at radius 3 is 2.56 bits per heavy atom. The van der Waals surface area contributed by atoms with Crippen LogP contribution in [0, 0.1) is 5.92 Å². The van der Waals surface area contributed by atoms with E-state index in [-0.39, 0.29) is 6.10 Å². The molecule has 2 heteroatoms. The second-order valence-electron chi connectivity index (χ2n) is 2.91. The van der Waals surface area contributed by atoms with Gasteiger partial charge in [-0.2, -0.15) is 0 Å². The summed E-state index contributed by atoms with van der Waals surface area (Å²) in [5, 5.41) is 9.07. The van der Waals surface area contributed by atoms with E-state index >= 15 is 0 Å². The molecule has 1 aliphatic heterocycles. The van der Waals surface area contributed by atoms with Crippen molar-refractivity contribution in [2.75, 3.05) is 6.61 Å². The van der Waals surface area contributed by atoms with Gasteiger partial charge in [-0.15, -0.1) is 0 Å². The lowest BCUT2D eigenvalue weighted by molar-refractivity contribution is -0.0763. The highest BCUT2D eigenvalue weighted by Crippen LogP contribution is 2.19. The second kappa shape index (κ2) is 2.67. The zero-order valence-corrected chi connectivity index (χ0v) is 6.00. The average Bonchev–Trinajstić information content (AvgIpc) is 1.80. The Hall–Kier alpha value is -0.0800. The quantitative estimate of drug-likeness (QED) is 0.525. The van der Waals surface area contributed by atoms with Crippen LogP contribution in [0.4, 0.5) is 0 Å². The summed E-state index contributed by atoms with van der Waals surface area (Å²) >= 11 is 0. The Balaban J connectivity index is 2.35. The molecule has 0 saturated carbocycles. The van der Waals surface area contributed by atoms with E-state index in [1.165, 1.54) is 0 Å². The first-order valence-electron chi connectivity index (χ1n) is 3.50. The van der Waals surface area contributed by atoms with Crippen LogP contribution in [0.1, 0.15) is 20.3 Å². The summed E-state index contributed by atoms with van der Waals surface area (Å²) in [6.07, 6.45) is 0.992. The standard InChI is InChI=1S/C7H14O2/c1-5-3-7(8)4-9-6(5)2/h5-8H,3-4H2,1-2H3/t5-,6?,7+/m1/s1. The smallest absolute Gasteiger partial charge is 0.0777 e. The molecule has 1 fully saturated rings. The maximum Gasteiger partial charge on any atom is 0.0777 e. The first kappa shape index (κ1) is 7.03. The number of aliphatic hydroxyl groups is 1. The Labute approximate surface area is 55.8 Å². The molecule has 0 aromatic heterocycles. The van der Waals surface area contributed by atoms with Crippen LogP contribution in [0.25, 0.3) is 0 Å². The molecule has 1 N–H and O–H groups in total. The molecular weight excluding hydrogens is 116 g/mol. The highest BCUT2D eigenvalue weighted by atomic mass is 16.5. The van der Waals surface area contributed by atoms with Crippen molar-refractivity contribution in [1.29, 1.82) is 0 Å². The molecule has 0 bridgehead atoms. The minimum absolute atomic E-state index is 0.226. The van der Waals surface area contributed by atoms with Gasteiger partial charge in [0.15, 0.2) is 0 Å². The summed E-state index contributed by atoms with van der Waals surface area (Å²) in [7, 11) is 0. The van der Waals surface area contributed by atoms with Gasteiger partial charge in [0.25, 0.3) is 0 Å². The molecule has 0 spiro atoms. The number of rotatable bonds is 0. The van der Waals surface area contributed by atoms with E-state index < -0.39 is 0 Å². The molecule has 9 heavy (non-hydrogen) atoms. The molecule has 3 atom stereocenters. The third-order valence-corrected chi connectivity index (χ3v) is 2.00. The molecule has 1 unspecified atom stereocenters. The number of ether oxygens (including phenoxy) is 1. The third-order valence-electron chi connectivity index (χ3n) is 2.00. The molecular formula is C7H14O2. The van der Waals surface area contributed by atoms with E-state index in [1.54, 1.807) is 0 Å². The molecule has 1 rings (SSSR count). The highest BCUT2D eigenvalue weighted by molar-refractivity contribution is 4.71. The predicted molar refractivity (Wildman–Crippen MR) is 35.2 cm³/mol. The summed E-state index contributed by atoms with van der Waals surface area (Å²) < 4.78 is 5.25. The average molecular weight is 130 g/mol. The van der Waals surface area contributed by atoms with Crippen molar-refractivity contribution >= 4 is 0 Å². The van der Waals surface area contributed by atoms with Crippen molar-refractivity contribution < 1.29 is 9.84 Å². The van der Waals surface area contributed by atoms with Gasteiger partial charge >= 0.3 is 0 Å². The van der Waals surface area contributed by atoms with Gasteiger partial charge in [-0.25, -0.2) is 0 Å². The van der Waals surface area contributed by atoms with Crippen LogP contribution in [0.15, 0.2) is 0 Å². The fourth-order valence-corrected chi connectivity index (χ4v) is 1.12. The maximum atomic E-state index is 9.07. The van der Waals surface area contributed by atoms with Crippen molar-refractivity contribution in [3.8, 4) is 0 Å². The molecule has 0 aliphatic carbocycles. The molecule has 0 aromatic carbocycles. The lowest BCUT2D eigenvalue weighted by Crippen LogP contribution is -2.33. The van der Waals surface area contributed by atoms with Crippen molar-refractivity contribution in [2.45, 2.75) is 32.5 Å². The van der Waals surface area contributed by atoms with Crippen LogP contribution in [0.2, 0.25) is 0 Å². The van der Waals surface area contributed by atoms with Crippen LogP contribution in [0.3, 0.4) is 0 Å². The van der Waals surface area contributed by atoms with Crippen molar-refractivity contribution in [1.82, 2.24) is 0 Å². The first-order valence-corrected chi connectivity index (χ1v) is 3.50. The largest absolute Gasteiger partial charge is 0.391 e. The topological polar surface area (TPSA) is 29.5 Å². The van der Waals surface area contributed by atoms with Crippen LogP contribution in [-0.2, 0) is 4.74 Å². The Morgan fingerprint density at radius 1 is 1.44 bits per heavy atom. The number of aliphatic hydroxyl groups excluding tert-OH is 1. The van der Waals surface area contributed by atoms with Crippen LogP contribution in [0.5, 0.6) is 0 Å². The van der Waals surface area contributed by atoms with Gasteiger partial charge in [0.2, 0.25) is 0 Å². The van der Waals surface area contributed by atoms with Crippen LogP contribution in [-0.4, -0.2) is 23.9 Å². The van der Waals surface area contributed by atoms with Crippen molar-refractivity contribution in [3.63, 3.8) is 0 Å². The SMILES string of the molecule is CC1OC[C@@H](O)C[C@H]1C.